The maximum Gasteiger partial charge on any atom is 0.243 e. The van der Waals surface area contributed by atoms with Gasteiger partial charge >= 0.3 is 0 Å². The third kappa shape index (κ3) is 3.15. The van der Waals surface area contributed by atoms with Crippen LogP contribution in [-0.4, -0.2) is 15.9 Å². The number of carbonyl (C=O) groups excluding carboxylic acids is 1. The van der Waals surface area contributed by atoms with E-state index in [1.807, 2.05) is 20.8 Å². The molecule has 16 heavy (non-hydrogen) atoms. The monoisotopic (exact) mass is 219 g/mol. The van der Waals surface area contributed by atoms with Gasteiger partial charge in [-0.1, -0.05) is 27.4 Å². The Hall–Kier alpha value is -1.71. The molecule has 0 fully saturated rings. The van der Waals surface area contributed by atoms with Crippen LogP contribution in [0.5, 0.6) is 0 Å². The minimum Gasteiger partial charge on any atom is -0.342 e. The Kier molecular flexibility index (Phi) is 3.77. The highest BCUT2D eigenvalue weighted by molar-refractivity contribution is 5.87. The van der Waals surface area contributed by atoms with Gasteiger partial charge in [0, 0.05) is 12.4 Å². The molecule has 0 saturated heterocycles. The molecule has 0 bridgehead atoms. The molecule has 1 unspecified atom stereocenters. The SMILES string of the molecule is C=CC(=O)NC(c1ncccn1)C(C)(C)C. The third-order valence-electron chi connectivity index (χ3n) is 2.18. The van der Waals surface area contributed by atoms with Crippen molar-refractivity contribution in [1.29, 1.82) is 0 Å². The van der Waals surface area contributed by atoms with Gasteiger partial charge in [-0.2, -0.15) is 0 Å². The van der Waals surface area contributed by atoms with Crippen molar-refractivity contribution in [2.45, 2.75) is 26.8 Å². The molecule has 0 saturated carbocycles. The van der Waals surface area contributed by atoms with Crippen LogP contribution in [0.25, 0.3) is 0 Å². The van der Waals surface area contributed by atoms with Gasteiger partial charge in [0.25, 0.3) is 0 Å². The van der Waals surface area contributed by atoms with E-state index in [9.17, 15) is 4.79 Å². The highest BCUT2D eigenvalue weighted by atomic mass is 16.1. The molecule has 1 atom stereocenters. The summed E-state index contributed by atoms with van der Waals surface area (Å²) < 4.78 is 0. The molecule has 1 rings (SSSR count). The molecule has 1 amide bonds. The lowest BCUT2D eigenvalue weighted by Crippen LogP contribution is -2.36. The summed E-state index contributed by atoms with van der Waals surface area (Å²) in [6, 6.07) is 1.53. The second kappa shape index (κ2) is 4.88. The second-order valence-electron chi connectivity index (χ2n) is 4.62. The number of nitrogens with one attached hydrogen (secondary N) is 1. The van der Waals surface area contributed by atoms with Gasteiger partial charge in [-0.15, -0.1) is 0 Å². The lowest BCUT2D eigenvalue weighted by atomic mass is 9.86. The molecule has 1 heterocycles. The van der Waals surface area contributed by atoms with Crippen LogP contribution in [0, 0.1) is 5.41 Å². The zero-order chi connectivity index (χ0) is 12.2. The number of rotatable bonds is 3. The van der Waals surface area contributed by atoms with Crippen LogP contribution in [0.1, 0.15) is 32.6 Å². The van der Waals surface area contributed by atoms with Crippen molar-refractivity contribution in [2.75, 3.05) is 0 Å². The van der Waals surface area contributed by atoms with Gasteiger partial charge in [0.05, 0.1) is 6.04 Å². The lowest BCUT2D eigenvalue weighted by Gasteiger charge is -2.29. The summed E-state index contributed by atoms with van der Waals surface area (Å²) in [5.74, 6) is 0.401. The van der Waals surface area contributed by atoms with E-state index in [2.05, 4.69) is 21.9 Å². The normalized spacial score (nSPS) is 12.9. The first-order valence-electron chi connectivity index (χ1n) is 5.15. The second-order valence-corrected chi connectivity index (χ2v) is 4.62. The van der Waals surface area contributed by atoms with Crippen LogP contribution in [0.3, 0.4) is 0 Å². The number of hydrogen-bond acceptors (Lipinski definition) is 3. The van der Waals surface area contributed by atoms with Crippen molar-refractivity contribution in [1.82, 2.24) is 15.3 Å². The molecular weight excluding hydrogens is 202 g/mol. The molecule has 1 N–H and O–H groups in total. The molecule has 0 spiro atoms. The van der Waals surface area contributed by atoms with Crippen molar-refractivity contribution < 1.29 is 4.79 Å². The van der Waals surface area contributed by atoms with Crippen LogP contribution in [0.2, 0.25) is 0 Å². The van der Waals surface area contributed by atoms with Crippen molar-refractivity contribution in [2.24, 2.45) is 5.41 Å². The van der Waals surface area contributed by atoms with Gasteiger partial charge in [-0.05, 0) is 17.6 Å². The standard InChI is InChI=1S/C12H17N3O/c1-5-9(16)15-10(12(2,3)4)11-13-7-6-8-14-11/h5-8,10H,1H2,2-4H3,(H,15,16). The smallest absolute Gasteiger partial charge is 0.243 e. The number of aromatic nitrogens is 2. The largest absolute Gasteiger partial charge is 0.342 e. The summed E-state index contributed by atoms with van der Waals surface area (Å²) in [4.78, 5) is 19.7. The highest BCUT2D eigenvalue weighted by Crippen LogP contribution is 2.30. The molecule has 4 nitrogen and oxygen atoms in total. The third-order valence-corrected chi connectivity index (χ3v) is 2.18. The minimum absolute atomic E-state index is 0.153. The first-order chi connectivity index (χ1) is 7.45. The summed E-state index contributed by atoms with van der Waals surface area (Å²) >= 11 is 0. The van der Waals surface area contributed by atoms with Crippen LogP contribution in [0.4, 0.5) is 0 Å². The van der Waals surface area contributed by atoms with E-state index in [-0.39, 0.29) is 17.4 Å². The van der Waals surface area contributed by atoms with Crippen molar-refractivity contribution in [3.05, 3.63) is 36.9 Å². The minimum atomic E-state index is -0.223. The number of nitrogens with zero attached hydrogens (tertiary/aromatic N) is 2. The van der Waals surface area contributed by atoms with Gasteiger partial charge in [-0.3, -0.25) is 4.79 Å². The van der Waals surface area contributed by atoms with E-state index >= 15 is 0 Å². The Balaban J connectivity index is 2.97. The predicted molar refractivity (Wildman–Crippen MR) is 62.6 cm³/mol. The van der Waals surface area contributed by atoms with Gasteiger partial charge in [-0.25, -0.2) is 9.97 Å². The topological polar surface area (TPSA) is 54.9 Å². The van der Waals surface area contributed by atoms with Crippen molar-refractivity contribution >= 4 is 5.91 Å². The van der Waals surface area contributed by atoms with Crippen LogP contribution >= 0.6 is 0 Å². The summed E-state index contributed by atoms with van der Waals surface area (Å²) in [6.07, 6.45) is 4.59. The number of hydrogen-bond donors (Lipinski definition) is 1. The van der Waals surface area contributed by atoms with Gasteiger partial charge < -0.3 is 5.32 Å². The Morgan fingerprint density at radius 1 is 1.44 bits per heavy atom. The summed E-state index contributed by atoms with van der Waals surface area (Å²) in [5, 5.41) is 2.84. The number of carbonyl (C=O) groups is 1. The van der Waals surface area contributed by atoms with Crippen LogP contribution < -0.4 is 5.32 Å². The fourth-order valence-electron chi connectivity index (χ4n) is 1.33. The van der Waals surface area contributed by atoms with E-state index in [0.717, 1.165) is 0 Å². The van der Waals surface area contributed by atoms with Crippen molar-refractivity contribution in [3.63, 3.8) is 0 Å². The number of amides is 1. The maximum atomic E-state index is 11.4. The van der Waals surface area contributed by atoms with Gasteiger partial charge in [0.1, 0.15) is 0 Å². The quantitative estimate of drug-likeness (QED) is 0.789. The van der Waals surface area contributed by atoms with E-state index < -0.39 is 0 Å². The zero-order valence-corrected chi connectivity index (χ0v) is 9.90. The zero-order valence-electron chi connectivity index (χ0n) is 9.90. The molecule has 86 valence electrons. The Bertz CT molecular complexity index is 368. The molecule has 0 radical (unpaired) electrons. The van der Waals surface area contributed by atoms with Gasteiger partial charge in [0.2, 0.25) is 5.91 Å². The first kappa shape index (κ1) is 12.4. The summed E-state index contributed by atoms with van der Waals surface area (Å²) in [6.45, 7) is 9.51. The first-order valence-corrected chi connectivity index (χ1v) is 5.15. The molecule has 0 aliphatic rings. The summed E-state index contributed by atoms with van der Waals surface area (Å²) in [5.41, 5.74) is -0.153. The van der Waals surface area contributed by atoms with Crippen LogP contribution in [-0.2, 0) is 4.79 Å². The Morgan fingerprint density at radius 3 is 2.44 bits per heavy atom. The summed E-state index contributed by atoms with van der Waals surface area (Å²) in [7, 11) is 0. The molecule has 0 aliphatic carbocycles. The Morgan fingerprint density at radius 2 is 2.00 bits per heavy atom. The van der Waals surface area contributed by atoms with E-state index in [1.54, 1.807) is 18.5 Å². The maximum absolute atomic E-state index is 11.4. The van der Waals surface area contributed by atoms with Crippen molar-refractivity contribution in [3.8, 4) is 0 Å². The van der Waals surface area contributed by atoms with Crippen LogP contribution in [0.15, 0.2) is 31.1 Å². The van der Waals surface area contributed by atoms with E-state index in [1.165, 1.54) is 6.08 Å². The predicted octanol–water partition coefficient (Wildman–Crippen LogP) is 1.87. The molecule has 0 aromatic carbocycles. The molecule has 4 heteroatoms. The van der Waals surface area contributed by atoms with Gasteiger partial charge in [0.15, 0.2) is 5.82 Å². The average molecular weight is 219 g/mol. The highest BCUT2D eigenvalue weighted by Gasteiger charge is 2.29. The lowest BCUT2D eigenvalue weighted by molar-refractivity contribution is -0.118. The molecule has 1 aromatic heterocycles. The fraction of sp³-hybridized carbons (Fsp3) is 0.417. The molecule has 1 aromatic rings. The molecule has 0 aliphatic heterocycles. The van der Waals surface area contributed by atoms with E-state index in [4.69, 9.17) is 0 Å². The Labute approximate surface area is 95.8 Å². The fourth-order valence-corrected chi connectivity index (χ4v) is 1.33. The van der Waals surface area contributed by atoms with E-state index in [0.29, 0.717) is 5.82 Å². The molecular formula is C12H17N3O. The average Bonchev–Trinajstić information content (AvgIpc) is 2.25.